The van der Waals surface area contributed by atoms with Gasteiger partial charge in [-0.05, 0) is 121 Å². The molecular formula is C56H92N18O15. The van der Waals surface area contributed by atoms with Crippen molar-refractivity contribution in [1.29, 1.82) is 10.8 Å². The Balaban J connectivity index is 1.84. The highest BCUT2D eigenvalue weighted by atomic mass is 16.4. The number of aromatic hydroxyl groups is 1. The molecule has 0 bridgehead atoms. The van der Waals surface area contributed by atoms with E-state index in [1.54, 1.807) is 13.8 Å². The maximum absolute atomic E-state index is 14.4. The molecule has 0 aliphatic carbocycles. The van der Waals surface area contributed by atoms with Crippen LogP contribution < -0.4 is 76.1 Å². The van der Waals surface area contributed by atoms with Crippen LogP contribution >= 0.6 is 0 Å². The van der Waals surface area contributed by atoms with Crippen LogP contribution in [0, 0.1) is 16.7 Å². The topological polar surface area (TPSA) is 544 Å². The Morgan fingerprint density at radius 1 is 0.584 bits per heavy atom. The van der Waals surface area contributed by atoms with Crippen molar-refractivity contribution < 1.29 is 72.9 Å². The number of hydrogen-bond donors (Lipinski definition) is 19. The van der Waals surface area contributed by atoms with E-state index in [1.807, 2.05) is 0 Å². The molecule has 2 aliphatic heterocycles. The van der Waals surface area contributed by atoms with Gasteiger partial charge >= 0.3 is 5.97 Å². The van der Waals surface area contributed by atoms with Crippen LogP contribution in [0.15, 0.2) is 24.3 Å². The van der Waals surface area contributed by atoms with E-state index in [-0.39, 0.29) is 113 Å². The van der Waals surface area contributed by atoms with Crippen molar-refractivity contribution in [2.75, 3.05) is 32.7 Å². The number of likely N-dealkylation sites (tertiary alicyclic amines) is 2. The molecule has 0 radical (unpaired) electrons. The number of carbonyl (C=O) groups is 12. The van der Waals surface area contributed by atoms with Gasteiger partial charge in [0.05, 0.1) is 12.5 Å². The molecule has 3 rings (SSSR count). The maximum atomic E-state index is 14.4. The fourth-order valence-electron chi connectivity index (χ4n) is 10.1. The third-order valence-corrected chi connectivity index (χ3v) is 14.8. The van der Waals surface area contributed by atoms with Crippen molar-refractivity contribution in [2.24, 2.45) is 28.9 Å². The van der Waals surface area contributed by atoms with E-state index in [2.05, 4.69) is 53.2 Å². The second kappa shape index (κ2) is 37.1. The smallest absolute Gasteiger partial charge is 0.305 e. The number of nitrogens with one attached hydrogen (secondary N) is 12. The van der Waals surface area contributed by atoms with E-state index < -0.39 is 138 Å². The number of primary amides is 1. The van der Waals surface area contributed by atoms with Crippen molar-refractivity contribution in [3.63, 3.8) is 0 Å². The highest BCUT2D eigenvalue weighted by Crippen LogP contribution is 2.22. The minimum Gasteiger partial charge on any atom is -0.508 e. The first kappa shape index (κ1) is 74.4. The molecule has 0 unspecified atom stereocenters. The van der Waals surface area contributed by atoms with Gasteiger partial charge < -0.3 is 101 Å². The fraction of sp³-hybridized carbons (Fsp3) is 0.643. The predicted molar refractivity (Wildman–Crippen MR) is 322 cm³/mol. The highest BCUT2D eigenvalue weighted by molar-refractivity contribution is 6.00. The average molecular weight is 1260 g/mol. The number of guanidine groups is 2. The van der Waals surface area contributed by atoms with Crippen LogP contribution in [0.3, 0.4) is 0 Å². The molecule has 23 N–H and O–H groups in total. The lowest BCUT2D eigenvalue weighted by Crippen LogP contribution is -2.62. The molecule has 2 aliphatic rings. The van der Waals surface area contributed by atoms with Gasteiger partial charge in [0.25, 0.3) is 0 Å². The molecule has 0 saturated carbocycles. The number of carbonyl (C=O) groups excluding carboxylic acids is 11. The number of carboxylic acid groups (broad SMARTS) is 1. The van der Waals surface area contributed by atoms with Crippen molar-refractivity contribution in [2.45, 2.75) is 191 Å². The molecule has 2 fully saturated rings. The normalized spacial score (nSPS) is 17.5. The first-order valence-electron chi connectivity index (χ1n) is 29.8. The Bertz CT molecular complexity index is 2660. The van der Waals surface area contributed by atoms with Crippen LogP contribution in [0.4, 0.5) is 0 Å². The number of benzene rings is 1. The molecule has 0 aromatic heterocycles. The fourth-order valence-corrected chi connectivity index (χ4v) is 10.1. The third kappa shape index (κ3) is 25.4. The van der Waals surface area contributed by atoms with Gasteiger partial charge in [0, 0.05) is 39.5 Å². The number of phenols is 1. The minimum atomic E-state index is -1.98. The molecule has 2 saturated heterocycles. The summed E-state index contributed by atoms with van der Waals surface area (Å²) >= 11 is 0. The van der Waals surface area contributed by atoms with Gasteiger partial charge in [-0.25, -0.2) is 0 Å². The molecule has 1 aromatic carbocycles. The standard InChI is InChI=1S/C56H92N18O15/c1-29(2)26-38(45(58)80)69-47(82)36(13-8-22-63-55(59)60)67-49(84)39(27-33-17-19-34(77)20-18-33)70-48(83)35(12-6-7-21-57)66-50(85)40(28-43(78)79)71-53(88)44(31(4)75)72-46(81)30(3)65-51(86)42-16-11-25-74(42)54(89)37(14-9-23-64-56(61)62)68-52(87)41-15-10-24-73(41)32(5)76/h17-20,29-31,35-42,44,75,77H,6-16,21-28,57H2,1-5H3,(H2,58,80)(H,65,86)(H,66,85)(H,67,84)(H,68,87)(H,69,82)(H,70,83)(H,71,88)(H,72,81)(H,78,79)(H4,59,60,63)(H4,61,62,64)/t30-,31+,35-,36-,37-,38-,39-,40-,41-,42-,44-/m0/s1. The first-order valence-corrected chi connectivity index (χ1v) is 29.8. The zero-order valence-electron chi connectivity index (χ0n) is 51.1. The van der Waals surface area contributed by atoms with Crippen LogP contribution in [0.5, 0.6) is 5.75 Å². The van der Waals surface area contributed by atoms with Gasteiger partial charge in [-0.1, -0.05) is 26.0 Å². The second-order valence-electron chi connectivity index (χ2n) is 22.6. The highest BCUT2D eigenvalue weighted by Gasteiger charge is 2.42. The van der Waals surface area contributed by atoms with Gasteiger partial charge in [0.15, 0.2) is 11.9 Å². The van der Waals surface area contributed by atoms with Crippen molar-refractivity contribution in [1.82, 2.24) is 63.0 Å². The molecule has 11 atom stereocenters. The SMILES string of the molecule is CC(=O)N1CCC[C@H]1C(=O)N[C@@H](CCCNC(=N)N)C(=O)N1CCC[C@H]1C(=O)N[C@@H](C)C(=O)N[C@H](C(=O)N[C@@H](CC(=O)O)C(=O)N[C@@H](CCCCN)C(=O)N[C@@H](Cc1ccc(O)cc1)C(=O)N[C@@H](CCCNC(=N)N)C(=O)N[C@@H](CC(C)C)C(N)=O)[C@@H](C)O. The van der Waals surface area contributed by atoms with Crippen LogP contribution in [-0.4, -0.2) is 207 Å². The number of aliphatic hydroxyl groups is 1. The number of unbranched alkanes of at least 4 members (excludes halogenated alkanes) is 1. The van der Waals surface area contributed by atoms with Crippen LogP contribution in [0.25, 0.3) is 0 Å². The third-order valence-electron chi connectivity index (χ3n) is 14.8. The Morgan fingerprint density at radius 3 is 1.56 bits per heavy atom. The van der Waals surface area contributed by atoms with Crippen molar-refractivity contribution in [3.8, 4) is 5.75 Å². The molecule has 89 heavy (non-hydrogen) atoms. The zero-order valence-corrected chi connectivity index (χ0v) is 51.1. The lowest BCUT2D eigenvalue weighted by molar-refractivity contribution is -0.143. The summed E-state index contributed by atoms with van der Waals surface area (Å²) in [6.07, 6.45) is -0.696. The number of nitrogens with zero attached hydrogens (tertiary/aromatic N) is 2. The summed E-state index contributed by atoms with van der Waals surface area (Å²) in [4.78, 5) is 165. The number of rotatable bonds is 37. The molecule has 0 spiro atoms. The summed E-state index contributed by atoms with van der Waals surface area (Å²) in [6.45, 7) is 8.16. The first-order chi connectivity index (χ1) is 41.9. The van der Waals surface area contributed by atoms with Crippen molar-refractivity contribution in [3.05, 3.63) is 29.8 Å². The van der Waals surface area contributed by atoms with Crippen molar-refractivity contribution >= 4 is 82.9 Å². The van der Waals surface area contributed by atoms with E-state index >= 15 is 0 Å². The van der Waals surface area contributed by atoms with Crippen LogP contribution in [0.1, 0.15) is 124 Å². The van der Waals surface area contributed by atoms with Gasteiger partial charge in [-0.3, -0.25) is 68.4 Å². The predicted octanol–water partition coefficient (Wildman–Crippen LogP) is -5.12. The Morgan fingerprint density at radius 2 is 1.06 bits per heavy atom. The molecule has 11 amide bonds. The number of aliphatic hydroxyl groups excluding tert-OH is 1. The van der Waals surface area contributed by atoms with E-state index in [4.69, 9.17) is 33.8 Å². The van der Waals surface area contributed by atoms with Gasteiger partial charge in [-0.15, -0.1) is 0 Å². The number of hydrogen-bond acceptors (Lipinski definition) is 17. The molecular weight excluding hydrogens is 1160 g/mol. The molecule has 1 aromatic rings. The minimum absolute atomic E-state index is 0.0603. The monoisotopic (exact) mass is 1260 g/mol. The summed E-state index contributed by atoms with van der Waals surface area (Å²) < 4.78 is 0. The van der Waals surface area contributed by atoms with E-state index in [9.17, 15) is 72.9 Å². The second-order valence-corrected chi connectivity index (χ2v) is 22.6. The lowest BCUT2D eigenvalue weighted by atomic mass is 10.0. The Kier molecular flexibility index (Phi) is 31.0. The van der Waals surface area contributed by atoms with E-state index in [0.717, 1.165) is 6.92 Å². The van der Waals surface area contributed by atoms with Gasteiger partial charge in [-0.2, -0.15) is 0 Å². The number of phenolic OH excluding ortho intramolecular Hbond substituents is 1. The maximum Gasteiger partial charge on any atom is 0.305 e. The van der Waals surface area contributed by atoms with Gasteiger partial charge in [0.1, 0.15) is 66.2 Å². The van der Waals surface area contributed by atoms with Crippen LogP contribution in [-0.2, 0) is 64.0 Å². The summed E-state index contributed by atoms with van der Waals surface area (Å²) in [5.74, 6) is -11.8. The summed E-state index contributed by atoms with van der Waals surface area (Å²) in [6, 6.07) is -8.43. The van der Waals surface area contributed by atoms with Gasteiger partial charge in [0.2, 0.25) is 65.0 Å². The van der Waals surface area contributed by atoms with E-state index in [0.29, 0.717) is 37.8 Å². The Hall–Kier alpha value is -8.88. The Labute approximate surface area is 516 Å². The summed E-state index contributed by atoms with van der Waals surface area (Å²) in [7, 11) is 0. The molecule has 496 valence electrons. The molecule has 33 nitrogen and oxygen atoms in total. The average Bonchev–Trinajstić information content (AvgIpc) is 2.17. The number of aliphatic carboxylic acids is 1. The zero-order chi connectivity index (χ0) is 66.7. The van der Waals surface area contributed by atoms with E-state index in [1.165, 1.54) is 47.9 Å². The summed E-state index contributed by atoms with van der Waals surface area (Å²) in [5.41, 5.74) is 22.6. The number of carboxylic acids is 1. The quantitative estimate of drug-likeness (QED) is 0.0168. The number of nitrogens with two attached hydrogens (primary N) is 4. The molecule has 2 heterocycles. The largest absolute Gasteiger partial charge is 0.508 e. The molecule has 33 heteroatoms. The number of amides is 11. The van der Waals surface area contributed by atoms with Crippen LogP contribution in [0.2, 0.25) is 0 Å². The summed E-state index contributed by atoms with van der Waals surface area (Å²) in [5, 5.41) is 70.9. The lowest BCUT2D eigenvalue weighted by Gasteiger charge is -2.31.